The SMILES string of the molecule is C/C=C\c1cc(C)ccc1O.CC. The van der Waals surface area contributed by atoms with Crippen LogP contribution in [0.2, 0.25) is 0 Å². The first-order valence-electron chi connectivity index (χ1n) is 4.66. The lowest BCUT2D eigenvalue weighted by molar-refractivity contribution is 0.474. The van der Waals surface area contributed by atoms with Gasteiger partial charge in [-0.15, -0.1) is 0 Å². The van der Waals surface area contributed by atoms with Crippen LogP contribution in [0.5, 0.6) is 5.75 Å². The Labute approximate surface area is 80.7 Å². The summed E-state index contributed by atoms with van der Waals surface area (Å²) in [7, 11) is 0. The van der Waals surface area contributed by atoms with Crippen molar-refractivity contribution in [3.8, 4) is 5.75 Å². The van der Waals surface area contributed by atoms with Gasteiger partial charge in [0.15, 0.2) is 0 Å². The molecule has 1 heteroatoms. The van der Waals surface area contributed by atoms with Crippen LogP contribution in [0.3, 0.4) is 0 Å². The van der Waals surface area contributed by atoms with Gasteiger partial charge in [-0.3, -0.25) is 0 Å². The highest BCUT2D eigenvalue weighted by molar-refractivity contribution is 5.57. The van der Waals surface area contributed by atoms with Crippen molar-refractivity contribution in [3.63, 3.8) is 0 Å². The number of phenols is 1. The van der Waals surface area contributed by atoms with Crippen molar-refractivity contribution in [1.29, 1.82) is 0 Å². The molecule has 0 aliphatic carbocycles. The molecule has 72 valence electrons. The molecule has 0 aromatic heterocycles. The van der Waals surface area contributed by atoms with E-state index in [1.807, 2.05) is 52.0 Å². The second-order valence-electron chi connectivity index (χ2n) is 2.56. The van der Waals surface area contributed by atoms with Gasteiger partial charge in [0.25, 0.3) is 0 Å². The molecule has 13 heavy (non-hydrogen) atoms. The van der Waals surface area contributed by atoms with Crippen LogP contribution in [0.25, 0.3) is 6.08 Å². The zero-order chi connectivity index (χ0) is 10.3. The summed E-state index contributed by atoms with van der Waals surface area (Å²) >= 11 is 0. The van der Waals surface area contributed by atoms with Crippen LogP contribution >= 0.6 is 0 Å². The van der Waals surface area contributed by atoms with Crippen LogP contribution in [0.15, 0.2) is 24.3 Å². The van der Waals surface area contributed by atoms with Crippen LogP contribution in [0, 0.1) is 6.92 Å². The molecule has 0 unspecified atom stereocenters. The molecule has 0 heterocycles. The third-order valence-electron chi connectivity index (χ3n) is 1.53. The zero-order valence-electron chi connectivity index (χ0n) is 8.83. The van der Waals surface area contributed by atoms with E-state index in [0.29, 0.717) is 5.75 Å². The summed E-state index contributed by atoms with van der Waals surface area (Å²) in [5.41, 5.74) is 2.04. The number of aromatic hydroxyl groups is 1. The number of phenolic OH excluding ortho intramolecular Hbond substituents is 1. The fourth-order valence-electron chi connectivity index (χ4n) is 0.987. The maximum absolute atomic E-state index is 9.31. The van der Waals surface area contributed by atoms with Crippen LogP contribution in [-0.4, -0.2) is 5.11 Å². The number of benzene rings is 1. The first-order valence-corrected chi connectivity index (χ1v) is 4.66. The zero-order valence-corrected chi connectivity index (χ0v) is 8.83. The Morgan fingerprint density at radius 1 is 1.23 bits per heavy atom. The lowest BCUT2D eigenvalue weighted by atomic mass is 10.1. The number of aryl methyl sites for hydroxylation is 1. The molecule has 0 radical (unpaired) electrons. The van der Waals surface area contributed by atoms with Crippen molar-refractivity contribution < 1.29 is 5.11 Å². The molecule has 1 aromatic rings. The topological polar surface area (TPSA) is 20.2 Å². The Morgan fingerprint density at radius 3 is 2.38 bits per heavy atom. The fourth-order valence-corrected chi connectivity index (χ4v) is 0.987. The van der Waals surface area contributed by atoms with Gasteiger partial charge in [0, 0.05) is 5.56 Å². The quantitative estimate of drug-likeness (QED) is 0.694. The predicted octanol–water partition coefficient (Wildman–Crippen LogP) is 3.76. The van der Waals surface area contributed by atoms with E-state index in [0.717, 1.165) is 11.1 Å². The van der Waals surface area contributed by atoms with E-state index >= 15 is 0 Å². The normalized spacial score (nSPS) is 9.54. The third-order valence-corrected chi connectivity index (χ3v) is 1.53. The van der Waals surface area contributed by atoms with Crippen molar-refractivity contribution in [3.05, 3.63) is 35.4 Å². The van der Waals surface area contributed by atoms with Crippen molar-refractivity contribution >= 4 is 6.08 Å². The summed E-state index contributed by atoms with van der Waals surface area (Å²) in [6, 6.07) is 5.56. The van der Waals surface area contributed by atoms with Gasteiger partial charge in [-0.05, 0) is 26.0 Å². The molecule has 1 N–H and O–H groups in total. The molecular formula is C12H18O. The number of rotatable bonds is 1. The average molecular weight is 178 g/mol. The summed E-state index contributed by atoms with van der Waals surface area (Å²) in [5.74, 6) is 0.341. The molecule has 0 saturated carbocycles. The second-order valence-corrected chi connectivity index (χ2v) is 2.56. The van der Waals surface area contributed by atoms with Gasteiger partial charge >= 0.3 is 0 Å². The standard InChI is InChI=1S/C10H12O.C2H6/c1-3-4-9-7-8(2)5-6-10(9)11;1-2/h3-7,11H,1-2H3;1-2H3/b4-3-;. The number of allylic oxidation sites excluding steroid dienone is 1. The molecule has 0 aliphatic rings. The summed E-state index contributed by atoms with van der Waals surface area (Å²) < 4.78 is 0. The van der Waals surface area contributed by atoms with Crippen LogP contribution in [0.4, 0.5) is 0 Å². The number of hydrogen-bond donors (Lipinski definition) is 1. The van der Waals surface area contributed by atoms with Crippen LogP contribution in [0.1, 0.15) is 31.9 Å². The van der Waals surface area contributed by atoms with E-state index in [4.69, 9.17) is 0 Å². The van der Waals surface area contributed by atoms with Crippen molar-refractivity contribution in [2.24, 2.45) is 0 Å². The molecule has 1 nitrogen and oxygen atoms in total. The Bertz CT molecular complexity index is 274. The van der Waals surface area contributed by atoms with E-state index in [-0.39, 0.29) is 0 Å². The Morgan fingerprint density at radius 2 is 1.85 bits per heavy atom. The largest absolute Gasteiger partial charge is 0.507 e. The molecule has 1 aromatic carbocycles. The summed E-state index contributed by atoms with van der Waals surface area (Å²) in [6.07, 6.45) is 3.80. The van der Waals surface area contributed by atoms with Crippen molar-refractivity contribution in [2.45, 2.75) is 27.7 Å². The minimum absolute atomic E-state index is 0.341. The van der Waals surface area contributed by atoms with Gasteiger partial charge < -0.3 is 5.11 Å². The van der Waals surface area contributed by atoms with Gasteiger partial charge in [0.05, 0.1) is 0 Å². The van der Waals surface area contributed by atoms with E-state index in [1.165, 1.54) is 0 Å². The lowest BCUT2D eigenvalue weighted by Gasteiger charge is -1.99. The highest BCUT2D eigenvalue weighted by atomic mass is 16.3. The Hall–Kier alpha value is -1.24. The molecule has 0 bridgehead atoms. The van der Waals surface area contributed by atoms with E-state index in [1.54, 1.807) is 6.07 Å². The smallest absolute Gasteiger partial charge is 0.122 e. The van der Waals surface area contributed by atoms with E-state index in [2.05, 4.69) is 0 Å². The molecule has 0 atom stereocenters. The fraction of sp³-hybridized carbons (Fsp3) is 0.333. The van der Waals surface area contributed by atoms with Crippen LogP contribution < -0.4 is 0 Å². The molecule has 0 amide bonds. The minimum Gasteiger partial charge on any atom is -0.507 e. The van der Waals surface area contributed by atoms with Crippen molar-refractivity contribution in [1.82, 2.24) is 0 Å². The predicted molar refractivity (Wildman–Crippen MR) is 58.9 cm³/mol. The molecule has 0 saturated heterocycles. The maximum atomic E-state index is 9.31. The second kappa shape index (κ2) is 6.30. The van der Waals surface area contributed by atoms with E-state index < -0.39 is 0 Å². The average Bonchev–Trinajstić information content (AvgIpc) is 2.15. The summed E-state index contributed by atoms with van der Waals surface area (Å²) in [6.45, 7) is 7.94. The monoisotopic (exact) mass is 178 g/mol. The highest BCUT2D eigenvalue weighted by Gasteiger charge is 1.94. The Balaban J connectivity index is 0.000000671. The van der Waals surface area contributed by atoms with Crippen LogP contribution in [-0.2, 0) is 0 Å². The molecular weight excluding hydrogens is 160 g/mol. The van der Waals surface area contributed by atoms with Gasteiger partial charge in [-0.1, -0.05) is 37.6 Å². The lowest BCUT2D eigenvalue weighted by Crippen LogP contribution is -1.76. The van der Waals surface area contributed by atoms with Crippen molar-refractivity contribution in [2.75, 3.05) is 0 Å². The molecule has 1 rings (SSSR count). The first-order chi connectivity index (χ1) is 6.24. The van der Waals surface area contributed by atoms with Gasteiger partial charge in [-0.25, -0.2) is 0 Å². The third kappa shape index (κ3) is 3.79. The van der Waals surface area contributed by atoms with E-state index in [9.17, 15) is 5.11 Å². The van der Waals surface area contributed by atoms with Gasteiger partial charge in [0.1, 0.15) is 5.75 Å². The molecule has 0 aliphatic heterocycles. The molecule has 0 spiro atoms. The van der Waals surface area contributed by atoms with Gasteiger partial charge in [0.2, 0.25) is 0 Å². The Kier molecular flexibility index (Phi) is 5.69. The summed E-state index contributed by atoms with van der Waals surface area (Å²) in [5, 5.41) is 9.31. The summed E-state index contributed by atoms with van der Waals surface area (Å²) in [4.78, 5) is 0. The first kappa shape index (κ1) is 11.8. The maximum Gasteiger partial charge on any atom is 0.122 e. The highest BCUT2D eigenvalue weighted by Crippen LogP contribution is 2.19. The molecule has 0 fully saturated rings. The number of hydrogen-bond acceptors (Lipinski definition) is 1. The van der Waals surface area contributed by atoms with Gasteiger partial charge in [-0.2, -0.15) is 0 Å². The minimum atomic E-state index is 0.341.